The number of benzene rings is 1. The lowest BCUT2D eigenvalue weighted by atomic mass is 9.68. The summed E-state index contributed by atoms with van der Waals surface area (Å²) in [6.45, 7) is 0.974. The van der Waals surface area contributed by atoms with Crippen molar-refractivity contribution in [3.05, 3.63) is 35.5 Å². The zero-order chi connectivity index (χ0) is 16.2. The fourth-order valence-electron chi connectivity index (χ4n) is 4.98. The number of aromatic nitrogens is 1. The van der Waals surface area contributed by atoms with Gasteiger partial charge in [0.05, 0.1) is 6.07 Å². The van der Waals surface area contributed by atoms with Gasteiger partial charge in [0, 0.05) is 50.3 Å². The molecule has 2 aromatic rings. The topological polar surface area (TPSA) is 41.2 Å². The number of aryl methyl sites for hydroxylation is 1. The van der Waals surface area contributed by atoms with Gasteiger partial charge in [-0.25, -0.2) is 0 Å². The average Bonchev–Trinajstić information content (AvgIpc) is 2.87. The maximum absolute atomic E-state index is 9.16. The lowest BCUT2D eigenvalue weighted by Crippen LogP contribution is -2.59. The molecule has 0 amide bonds. The van der Waals surface area contributed by atoms with Crippen LogP contribution in [0.2, 0.25) is 0 Å². The van der Waals surface area contributed by atoms with E-state index < -0.39 is 0 Å². The minimum absolute atomic E-state index is 0.303. The second-order valence-corrected chi connectivity index (χ2v) is 7.15. The number of fused-ring (bicyclic) bond motifs is 2. The van der Waals surface area contributed by atoms with Crippen LogP contribution in [0.4, 0.5) is 0 Å². The highest BCUT2D eigenvalue weighted by molar-refractivity contribution is 5.89. The quantitative estimate of drug-likeness (QED) is 0.856. The van der Waals surface area contributed by atoms with Gasteiger partial charge in [0.25, 0.3) is 0 Å². The highest BCUT2D eigenvalue weighted by Crippen LogP contribution is 2.49. The molecule has 1 aliphatic carbocycles. The summed E-state index contributed by atoms with van der Waals surface area (Å²) in [6, 6.07) is 9.24. The summed E-state index contributed by atoms with van der Waals surface area (Å²) in [5.41, 5.74) is 3.69. The Hall–Kier alpha value is -1.83. The molecule has 1 fully saturated rings. The van der Waals surface area contributed by atoms with Crippen molar-refractivity contribution in [3.63, 3.8) is 0 Å². The van der Waals surface area contributed by atoms with E-state index in [-0.39, 0.29) is 5.60 Å². The molecule has 0 bridgehead atoms. The van der Waals surface area contributed by atoms with Gasteiger partial charge in [-0.1, -0.05) is 12.1 Å². The Bertz CT molecular complexity index is 803. The summed E-state index contributed by atoms with van der Waals surface area (Å²) >= 11 is 0. The summed E-state index contributed by atoms with van der Waals surface area (Å²) in [7, 11) is 6.13. The Morgan fingerprint density at radius 1 is 1.39 bits per heavy atom. The Kier molecular flexibility index (Phi) is 3.26. The molecule has 0 spiro atoms. The number of likely N-dealkylation sites (tertiary alicyclic amines) is 1. The molecule has 2 aliphatic rings. The summed E-state index contributed by atoms with van der Waals surface area (Å²) < 4.78 is 8.45. The molecule has 4 nitrogen and oxygen atoms in total. The van der Waals surface area contributed by atoms with E-state index in [0.717, 1.165) is 19.4 Å². The van der Waals surface area contributed by atoms with E-state index in [1.165, 1.54) is 22.0 Å². The van der Waals surface area contributed by atoms with Crippen molar-refractivity contribution in [3.8, 4) is 6.07 Å². The van der Waals surface area contributed by atoms with E-state index in [2.05, 4.69) is 54.0 Å². The maximum atomic E-state index is 9.16. The smallest absolute Gasteiger partial charge is 0.109 e. The van der Waals surface area contributed by atoms with Gasteiger partial charge in [-0.2, -0.15) is 5.26 Å². The second kappa shape index (κ2) is 5.09. The van der Waals surface area contributed by atoms with E-state index >= 15 is 0 Å². The Morgan fingerprint density at radius 3 is 2.96 bits per heavy atom. The molecule has 1 aromatic carbocycles. The second-order valence-electron chi connectivity index (χ2n) is 7.15. The van der Waals surface area contributed by atoms with Crippen molar-refractivity contribution in [1.29, 1.82) is 5.26 Å². The van der Waals surface area contributed by atoms with Crippen LogP contribution in [0, 0.1) is 17.2 Å². The summed E-state index contributed by atoms with van der Waals surface area (Å²) in [6.07, 6.45) is 4.81. The lowest BCUT2D eigenvalue weighted by molar-refractivity contribution is -0.124. The minimum atomic E-state index is -0.303. The van der Waals surface area contributed by atoms with Crippen LogP contribution >= 0.6 is 0 Å². The number of ether oxygens (including phenoxy) is 1. The van der Waals surface area contributed by atoms with Crippen LogP contribution in [0.15, 0.2) is 24.4 Å². The minimum Gasteiger partial charge on any atom is -0.372 e. The third-order valence-electron chi connectivity index (χ3n) is 5.91. The third-order valence-corrected chi connectivity index (χ3v) is 5.91. The molecule has 1 aromatic heterocycles. The zero-order valence-corrected chi connectivity index (χ0v) is 14.0. The molecule has 4 rings (SSSR count). The van der Waals surface area contributed by atoms with Gasteiger partial charge in [0.1, 0.15) is 5.60 Å². The van der Waals surface area contributed by atoms with Gasteiger partial charge in [-0.05, 0) is 43.0 Å². The molecule has 3 atom stereocenters. The predicted molar refractivity (Wildman–Crippen MR) is 90.1 cm³/mol. The molecule has 0 saturated carbocycles. The van der Waals surface area contributed by atoms with Crippen molar-refractivity contribution in [2.24, 2.45) is 13.0 Å². The Morgan fingerprint density at radius 2 is 2.22 bits per heavy atom. The Balaban J connectivity index is 1.94. The van der Waals surface area contributed by atoms with Crippen molar-refractivity contribution in [2.45, 2.75) is 30.9 Å². The first-order valence-electron chi connectivity index (χ1n) is 8.30. The predicted octanol–water partition coefficient (Wildman–Crippen LogP) is 2.81. The van der Waals surface area contributed by atoms with Crippen LogP contribution in [0.3, 0.4) is 0 Å². The Labute approximate surface area is 137 Å². The molecule has 0 radical (unpaired) electrons. The summed E-state index contributed by atoms with van der Waals surface area (Å²) in [5, 5.41) is 10.5. The van der Waals surface area contributed by atoms with E-state index in [1.54, 1.807) is 0 Å². The fraction of sp³-hybridized carbons (Fsp3) is 0.526. The number of piperidine rings is 1. The van der Waals surface area contributed by atoms with Gasteiger partial charge in [0.15, 0.2) is 0 Å². The van der Waals surface area contributed by atoms with Crippen LogP contribution < -0.4 is 0 Å². The lowest BCUT2D eigenvalue weighted by Gasteiger charge is -2.52. The molecule has 23 heavy (non-hydrogen) atoms. The summed E-state index contributed by atoms with van der Waals surface area (Å²) in [5.74, 6) is 0.363. The van der Waals surface area contributed by atoms with Crippen molar-refractivity contribution >= 4 is 10.9 Å². The molecule has 1 unspecified atom stereocenters. The van der Waals surface area contributed by atoms with Gasteiger partial charge < -0.3 is 9.30 Å². The highest BCUT2D eigenvalue weighted by Gasteiger charge is 2.51. The number of hydrogen-bond donors (Lipinski definition) is 0. The number of methoxy groups -OCH3 is 1. The normalized spacial score (nSPS) is 30.2. The first-order chi connectivity index (χ1) is 11.1. The largest absolute Gasteiger partial charge is 0.372 e. The summed E-state index contributed by atoms with van der Waals surface area (Å²) in [4.78, 5) is 2.41. The van der Waals surface area contributed by atoms with Gasteiger partial charge >= 0.3 is 0 Å². The third kappa shape index (κ3) is 1.90. The van der Waals surface area contributed by atoms with E-state index in [4.69, 9.17) is 10.00 Å². The number of likely N-dealkylation sites (N-methyl/N-ethyl adjacent to an activating group) is 1. The molecule has 120 valence electrons. The maximum Gasteiger partial charge on any atom is 0.109 e. The standard InChI is InChI=1S/C19H23N3O/c1-21-12-14-9-17-19(23-3,10-13(7-8-20)11-22(17)2)15-5-4-6-16(21)18(14)15/h4-6,12-13,17H,7,9-11H2,1-3H3/t13?,17-,19+/m1/s1. The molecule has 4 heteroatoms. The number of hydrogen-bond acceptors (Lipinski definition) is 3. The average molecular weight is 309 g/mol. The number of nitriles is 1. The molecule has 1 saturated heterocycles. The van der Waals surface area contributed by atoms with Crippen molar-refractivity contribution in [2.75, 3.05) is 20.7 Å². The first-order valence-corrected chi connectivity index (χ1v) is 8.30. The van der Waals surface area contributed by atoms with Crippen LogP contribution in [0.1, 0.15) is 24.0 Å². The van der Waals surface area contributed by atoms with Gasteiger partial charge in [0.2, 0.25) is 0 Å². The van der Waals surface area contributed by atoms with Crippen LogP contribution in [-0.4, -0.2) is 36.2 Å². The monoisotopic (exact) mass is 309 g/mol. The highest BCUT2D eigenvalue weighted by atomic mass is 16.5. The van der Waals surface area contributed by atoms with Crippen LogP contribution in [-0.2, 0) is 23.8 Å². The number of rotatable bonds is 2. The van der Waals surface area contributed by atoms with Crippen LogP contribution in [0.5, 0.6) is 0 Å². The van der Waals surface area contributed by atoms with E-state index in [9.17, 15) is 0 Å². The van der Waals surface area contributed by atoms with Crippen molar-refractivity contribution < 1.29 is 4.74 Å². The number of nitrogens with zero attached hydrogens (tertiary/aromatic N) is 3. The first kappa shape index (κ1) is 14.7. The van der Waals surface area contributed by atoms with E-state index in [0.29, 0.717) is 18.4 Å². The van der Waals surface area contributed by atoms with Gasteiger partial charge in [-0.15, -0.1) is 0 Å². The van der Waals surface area contributed by atoms with Crippen molar-refractivity contribution in [1.82, 2.24) is 9.47 Å². The van der Waals surface area contributed by atoms with Gasteiger partial charge in [-0.3, -0.25) is 4.90 Å². The molecular weight excluding hydrogens is 286 g/mol. The molecule has 2 heterocycles. The van der Waals surface area contributed by atoms with E-state index in [1.807, 2.05) is 7.11 Å². The van der Waals surface area contributed by atoms with Crippen LogP contribution in [0.25, 0.3) is 10.9 Å². The molecular formula is C19H23N3O. The molecule has 0 N–H and O–H groups in total. The molecule has 1 aliphatic heterocycles. The zero-order valence-electron chi connectivity index (χ0n) is 14.0. The SMILES string of the molecule is CO[C@]12CC(CC#N)CN(C)[C@@H]1Cc1cn(C)c3cccc2c13. The fourth-order valence-corrected chi connectivity index (χ4v) is 4.98.